The normalized spacial score (nSPS) is 13.0. The third-order valence-corrected chi connectivity index (χ3v) is 5.92. The second-order valence-corrected chi connectivity index (χ2v) is 8.82. The number of rotatable bonds is 7. The Kier molecular flexibility index (Phi) is 5.94. The molecule has 1 aliphatic rings. The lowest BCUT2D eigenvalue weighted by Crippen LogP contribution is -2.27. The van der Waals surface area contributed by atoms with Gasteiger partial charge in [0.25, 0.3) is 11.8 Å². The molecule has 1 N–H and O–H groups in total. The van der Waals surface area contributed by atoms with E-state index in [0.717, 1.165) is 24.1 Å². The number of carbonyl (C=O) groups excluding carboxylic acids is 2. The third-order valence-electron chi connectivity index (χ3n) is 5.67. The summed E-state index contributed by atoms with van der Waals surface area (Å²) in [6.45, 7) is 0.382. The van der Waals surface area contributed by atoms with E-state index in [1.807, 2.05) is 30.3 Å². The molecule has 0 saturated heterocycles. The SMILES string of the molecule is CN(Cc1ccc(C(=O)NC2CC2)cc1)C(=O)c1cc(-c2ccco2)n(-c2ccc(Cl)cc2)n1. The van der Waals surface area contributed by atoms with Crippen molar-refractivity contribution in [1.82, 2.24) is 20.0 Å². The molecule has 4 aromatic rings. The molecule has 1 fully saturated rings. The molecule has 1 aliphatic carbocycles. The maximum Gasteiger partial charge on any atom is 0.274 e. The lowest BCUT2D eigenvalue weighted by molar-refractivity contribution is 0.0778. The van der Waals surface area contributed by atoms with Crippen LogP contribution in [0.25, 0.3) is 17.1 Å². The molecule has 0 radical (unpaired) electrons. The minimum atomic E-state index is -0.226. The molecule has 2 aromatic carbocycles. The predicted molar refractivity (Wildman–Crippen MR) is 129 cm³/mol. The van der Waals surface area contributed by atoms with E-state index in [1.165, 1.54) is 0 Å². The van der Waals surface area contributed by atoms with Crippen LogP contribution < -0.4 is 5.32 Å². The first kappa shape index (κ1) is 22.0. The molecule has 0 spiro atoms. The van der Waals surface area contributed by atoms with E-state index >= 15 is 0 Å². The van der Waals surface area contributed by atoms with E-state index in [0.29, 0.717) is 40.3 Å². The summed E-state index contributed by atoms with van der Waals surface area (Å²) < 4.78 is 7.24. The average molecular weight is 475 g/mol. The number of benzene rings is 2. The van der Waals surface area contributed by atoms with Gasteiger partial charge in [0.2, 0.25) is 0 Å². The number of aromatic nitrogens is 2. The van der Waals surface area contributed by atoms with E-state index in [1.54, 1.807) is 59.3 Å². The van der Waals surface area contributed by atoms with Gasteiger partial charge in [0.1, 0.15) is 5.69 Å². The molecule has 0 bridgehead atoms. The lowest BCUT2D eigenvalue weighted by atomic mass is 10.1. The van der Waals surface area contributed by atoms with Crippen LogP contribution in [0.4, 0.5) is 0 Å². The summed E-state index contributed by atoms with van der Waals surface area (Å²) >= 11 is 6.03. The molecule has 0 aliphatic heterocycles. The molecule has 2 heterocycles. The molecule has 8 heteroatoms. The van der Waals surface area contributed by atoms with E-state index < -0.39 is 0 Å². The molecular formula is C26H23ClN4O3. The first-order chi connectivity index (χ1) is 16.5. The molecule has 2 amide bonds. The van der Waals surface area contributed by atoms with Crippen molar-refractivity contribution in [3.8, 4) is 17.1 Å². The topological polar surface area (TPSA) is 80.4 Å². The van der Waals surface area contributed by atoms with Crippen LogP contribution in [-0.2, 0) is 6.54 Å². The zero-order valence-electron chi connectivity index (χ0n) is 18.6. The molecule has 34 heavy (non-hydrogen) atoms. The van der Waals surface area contributed by atoms with Crippen LogP contribution in [0.1, 0.15) is 39.3 Å². The molecule has 1 saturated carbocycles. The van der Waals surface area contributed by atoms with Gasteiger partial charge in [-0.1, -0.05) is 23.7 Å². The van der Waals surface area contributed by atoms with Crippen molar-refractivity contribution in [3.63, 3.8) is 0 Å². The summed E-state index contributed by atoms with van der Waals surface area (Å²) in [5, 5.41) is 8.16. The van der Waals surface area contributed by atoms with Gasteiger partial charge in [0.15, 0.2) is 11.5 Å². The van der Waals surface area contributed by atoms with Gasteiger partial charge in [-0.15, -0.1) is 0 Å². The standard InChI is InChI=1S/C26H23ClN4O3/c1-30(16-17-4-6-18(7-5-17)25(32)28-20-10-11-20)26(33)22-15-23(24-3-2-14-34-24)31(29-22)21-12-8-19(27)9-13-21/h2-9,12-15,20H,10-11,16H2,1H3,(H,28,32). The van der Waals surface area contributed by atoms with Crippen LogP contribution in [0.15, 0.2) is 77.4 Å². The van der Waals surface area contributed by atoms with Crippen molar-refractivity contribution in [3.05, 3.63) is 94.8 Å². The fourth-order valence-electron chi connectivity index (χ4n) is 3.66. The summed E-state index contributed by atoms with van der Waals surface area (Å²) in [5.74, 6) is 0.317. The summed E-state index contributed by atoms with van der Waals surface area (Å²) in [6, 6.07) is 20.2. The number of amides is 2. The Morgan fingerprint density at radius 1 is 1.12 bits per heavy atom. The largest absolute Gasteiger partial charge is 0.463 e. The number of carbonyl (C=O) groups is 2. The molecule has 0 atom stereocenters. The highest BCUT2D eigenvalue weighted by Crippen LogP contribution is 2.26. The van der Waals surface area contributed by atoms with Crippen LogP contribution in [-0.4, -0.2) is 39.6 Å². The number of hydrogen-bond donors (Lipinski definition) is 1. The van der Waals surface area contributed by atoms with Gasteiger partial charge in [0.05, 0.1) is 12.0 Å². The highest BCUT2D eigenvalue weighted by atomic mass is 35.5. The summed E-state index contributed by atoms with van der Waals surface area (Å²) in [5.41, 5.74) is 3.26. The highest BCUT2D eigenvalue weighted by molar-refractivity contribution is 6.30. The van der Waals surface area contributed by atoms with Crippen molar-refractivity contribution in [2.45, 2.75) is 25.4 Å². The second kappa shape index (κ2) is 9.19. The van der Waals surface area contributed by atoms with Crippen LogP contribution >= 0.6 is 11.6 Å². The molecule has 0 unspecified atom stereocenters. The molecule has 7 nitrogen and oxygen atoms in total. The minimum Gasteiger partial charge on any atom is -0.463 e. The Balaban J connectivity index is 1.35. The summed E-state index contributed by atoms with van der Waals surface area (Å²) in [6.07, 6.45) is 3.68. The number of hydrogen-bond acceptors (Lipinski definition) is 4. The molecular weight excluding hydrogens is 452 g/mol. The van der Waals surface area contributed by atoms with Gasteiger partial charge in [-0.05, 0) is 66.9 Å². The molecule has 172 valence electrons. The van der Waals surface area contributed by atoms with Crippen molar-refractivity contribution < 1.29 is 14.0 Å². The lowest BCUT2D eigenvalue weighted by Gasteiger charge is -2.16. The van der Waals surface area contributed by atoms with E-state index in [9.17, 15) is 9.59 Å². The Bertz CT molecular complexity index is 1310. The van der Waals surface area contributed by atoms with Crippen molar-refractivity contribution >= 4 is 23.4 Å². The number of nitrogens with one attached hydrogen (secondary N) is 1. The molecule has 5 rings (SSSR count). The zero-order valence-corrected chi connectivity index (χ0v) is 19.3. The van der Waals surface area contributed by atoms with Gasteiger partial charge in [-0.2, -0.15) is 5.10 Å². The first-order valence-electron chi connectivity index (χ1n) is 11.0. The van der Waals surface area contributed by atoms with E-state index in [2.05, 4.69) is 10.4 Å². The Hall–Kier alpha value is -3.84. The number of halogens is 1. The minimum absolute atomic E-state index is 0.0586. The zero-order chi connectivity index (χ0) is 23.7. The van der Waals surface area contributed by atoms with Crippen LogP contribution in [0, 0.1) is 0 Å². The maximum atomic E-state index is 13.2. The van der Waals surface area contributed by atoms with Gasteiger partial charge in [0, 0.05) is 36.3 Å². The van der Waals surface area contributed by atoms with Crippen molar-refractivity contribution in [2.75, 3.05) is 7.05 Å². The Labute approximate surface area is 201 Å². The van der Waals surface area contributed by atoms with Gasteiger partial charge in [-0.25, -0.2) is 4.68 Å². The Morgan fingerprint density at radius 2 is 1.85 bits per heavy atom. The van der Waals surface area contributed by atoms with Gasteiger partial charge >= 0.3 is 0 Å². The third kappa shape index (κ3) is 4.75. The second-order valence-electron chi connectivity index (χ2n) is 8.39. The van der Waals surface area contributed by atoms with Crippen LogP contribution in [0.2, 0.25) is 5.02 Å². The van der Waals surface area contributed by atoms with Gasteiger partial charge in [-0.3, -0.25) is 9.59 Å². The van der Waals surface area contributed by atoms with E-state index in [4.69, 9.17) is 16.0 Å². The highest BCUT2D eigenvalue weighted by Gasteiger charge is 2.24. The summed E-state index contributed by atoms with van der Waals surface area (Å²) in [7, 11) is 1.73. The number of furan rings is 1. The molecule has 2 aromatic heterocycles. The van der Waals surface area contributed by atoms with Crippen LogP contribution in [0.5, 0.6) is 0 Å². The number of nitrogens with zero attached hydrogens (tertiary/aromatic N) is 3. The van der Waals surface area contributed by atoms with E-state index in [-0.39, 0.29) is 11.8 Å². The van der Waals surface area contributed by atoms with Gasteiger partial charge < -0.3 is 14.6 Å². The van der Waals surface area contributed by atoms with Crippen molar-refractivity contribution in [2.24, 2.45) is 0 Å². The fraction of sp³-hybridized carbons (Fsp3) is 0.192. The Morgan fingerprint density at radius 3 is 2.50 bits per heavy atom. The predicted octanol–water partition coefficient (Wildman–Crippen LogP) is 4.95. The fourth-order valence-corrected chi connectivity index (χ4v) is 3.79. The smallest absolute Gasteiger partial charge is 0.274 e. The van der Waals surface area contributed by atoms with Crippen molar-refractivity contribution in [1.29, 1.82) is 0 Å². The average Bonchev–Trinajstić information content (AvgIpc) is 3.31. The quantitative estimate of drug-likeness (QED) is 0.411. The monoisotopic (exact) mass is 474 g/mol. The van der Waals surface area contributed by atoms with Crippen LogP contribution in [0.3, 0.4) is 0 Å². The maximum absolute atomic E-state index is 13.2. The summed E-state index contributed by atoms with van der Waals surface area (Å²) in [4.78, 5) is 27.0. The first-order valence-corrected chi connectivity index (χ1v) is 11.4.